The summed E-state index contributed by atoms with van der Waals surface area (Å²) in [6, 6.07) is 5.98. The highest BCUT2D eigenvalue weighted by atomic mass is 16.2. The number of likely N-dealkylation sites (tertiary alicyclic amines) is 1. The first kappa shape index (κ1) is 16.5. The van der Waals surface area contributed by atoms with Crippen LogP contribution >= 0.6 is 0 Å². The number of carbonyl (C=O) groups excluding carboxylic acids is 1. The fourth-order valence-corrected chi connectivity index (χ4v) is 3.51. The largest absolute Gasteiger partial charge is 0.363 e. The molecule has 1 fully saturated rings. The van der Waals surface area contributed by atoms with Gasteiger partial charge in [-0.25, -0.2) is 14.5 Å². The third-order valence-electron chi connectivity index (χ3n) is 4.92. The Morgan fingerprint density at radius 1 is 1.27 bits per heavy atom. The first-order valence-corrected chi connectivity index (χ1v) is 8.84. The van der Waals surface area contributed by atoms with E-state index in [0.29, 0.717) is 23.7 Å². The lowest BCUT2D eigenvalue weighted by Gasteiger charge is -2.33. The van der Waals surface area contributed by atoms with Crippen LogP contribution in [0.2, 0.25) is 0 Å². The number of amides is 1. The second kappa shape index (κ2) is 6.74. The summed E-state index contributed by atoms with van der Waals surface area (Å²) >= 11 is 0. The van der Waals surface area contributed by atoms with E-state index in [-0.39, 0.29) is 5.91 Å². The third-order valence-corrected chi connectivity index (χ3v) is 4.92. The minimum Gasteiger partial charge on any atom is -0.363 e. The summed E-state index contributed by atoms with van der Waals surface area (Å²) in [6.45, 7) is 1.48. The maximum absolute atomic E-state index is 13.0. The molecule has 7 heteroatoms. The number of nitrogens with zero attached hydrogens (tertiary/aromatic N) is 6. The monoisotopic (exact) mass is 350 g/mol. The van der Waals surface area contributed by atoms with Crippen LogP contribution in [0.5, 0.6) is 0 Å². The van der Waals surface area contributed by atoms with Gasteiger partial charge >= 0.3 is 0 Å². The fraction of sp³-hybridized carbons (Fsp3) is 0.368. The molecular formula is C19H22N6O. The van der Waals surface area contributed by atoms with Crippen LogP contribution in [0.25, 0.3) is 5.65 Å². The summed E-state index contributed by atoms with van der Waals surface area (Å²) < 4.78 is 1.64. The Hall–Kier alpha value is -2.96. The van der Waals surface area contributed by atoms with Crippen molar-refractivity contribution in [3.05, 3.63) is 54.1 Å². The molecule has 3 aromatic rings. The number of carbonyl (C=O) groups is 1. The van der Waals surface area contributed by atoms with Crippen molar-refractivity contribution in [1.29, 1.82) is 0 Å². The predicted octanol–water partition coefficient (Wildman–Crippen LogP) is 2.21. The molecule has 0 spiro atoms. The molecule has 1 atom stereocenters. The van der Waals surface area contributed by atoms with Crippen LogP contribution in [-0.4, -0.2) is 57.6 Å². The lowest BCUT2D eigenvalue weighted by molar-refractivity contribution is 0.0709. The van der Waals surface area contributed by atoms with Gasteiger partial charge in [-0.1, -0.05) is 0 Å². The zero-order chi connectivity index (χ0) is 18.1. The van der Waals surface area contributed by atoms with E-state index in [2.05, 4.69) is 27.2 Å². The summed E-state index contributed by atoms with van der Waals surface area (Å²) in [5.74, 6) is 1.27. The van der Waals surface area contributed by atoms with Gasteiger partial charge < -0.3 is 9.80 Å². The van der Waals surface area contributed by atoms with Gasteiger partial charge in [-0.05, 0) is 36.6 Å². The van der Waals surface area contributed by atoms with Gasteiger partial charge in [-0.2, -0.15) is 5.10 Å². The highest BCUT2D eigenvalue weighted by Gasteiger charge is 2.27. The number of pyridine rings is 1. The van der Waals surface area contributed by atoms with Crippen LogP contribution in [-0.2, 0) is 0 Å². The van der Waals surface area contributed by atoms with Gasteiger partial charge in [0.1, 0.15) is 11.4 Å². The minimum absolute atomic E-state index is 0.00490. The van der Waals surface area contributed by atoms with E-state index in [1.165, 1.54) is 5.56 Å². The van der Waals surface area contributed by atoms with Crippen molar-refractivity contribution in [2.45, 2.75) is 18.8 Å². The maximum atomic E-state index is 13.0. The first-order chi connectivity index (χ1) is 12.6. The van der Waals surface area contributed by atoms with E-state index in [0.717, 1.165) is 25.2 Å². The minimum atomic E-state index is 0.00490. The van der Waals surface area contributed by atoms with Crippen LogP contribution in [0, 0.1) is 0 Å². The lowest BCUT2D eigenvalue weighted by atomic mass is 9.91. The van der Waals surface area contributed by atoms with Crippen molar-refractivity contribution >= 4 is 17.4 Å². The van der Waals surface area contributed by atoms with Crippen molar-refractivity contribution < 1.29 is 4.79 Å². The maximum Gasteiger partial charge on any atom is 0.259 e. The number of aromatic nitrogens is 4. The average Bonchev–Trinajstić information content (AvgIpc) is 3.12. The van der Waals surface area contributed by atoms with E-state index in [1.807, 2.05) is 30.1 Å². The molecule has 1 unspecified atom stereocenters. The van der Waals surface area contributed by atoms with Crippen LogP contribution in [0.15, 0.2) is 43.0 Å². The summed E-state index contributed by atoms with van der Waals surface area (Å²) in [7, 11) is 3.97. The molecule has 4 heterocycles. The zero-order valence-electron chi connectivity index (χ0n) is 15.0. The predicted molar refractivity (Wildman–Crippen MR) is 99.4 cm³/mol. The third kappa shape index (κ3) is 3.00. The molecule has 3 aromatic heterocycles. The summed E-state index contributed by atoms with van der Waals surface area (Å²) in [4.78, 5) is 25.7. The molecule has 0 aliphatic carbocycles. The van der Waals surface area contributed by atoms with Crippen LogP contribution in [0.1, 0.15) is 34.7 Å². The van der Waals surface area contributed by atoms with Gasteiger partial charge in [0.2, 0.25) is 0 Å². The van der Waals surface area contributed by atoms with Gasteiger partial charge in [-0.3, -0.25) is 4.79 Å². The zero-order valence-corrected chi connectivity index (χ0v) is 15.0. The highest BCUT2D eigenvalue weighted by molar-refractivity contribution is 5.99. The molecule has 1 aliphatic heterocycles. The molecule has 26 heavy (non-hydrogen) atoms. The Bertz CT molecular complexity index is 934. The van der Waals surface area contributed by atoms with E-state index < -0.39 is 0 Å². The Morgan fingerprint density at radius 2 is 2.15 bits per heavy atom. The smallest absolute Gasteiger partial charge is 0.259 e. The van der Waals surface area contributed by atoms with Crippen molar-refractivity contribution in [2.75, 3.05) is 32.1 Å². The van der Waals surface area contributed by atoms with Gasteiger partial charge in [0.05, 0.1) is 6.20 Å². The summed E-state index contributed by atoms with van der Waals surface area (Å²) in [5, 5.41) is 4.24. The molecule has 7 nitrogen and oxygen atoms in total. The number of rotatable bonds is 3. The molecular weight excluding hydrogens is 328 g/mol. The normalized spacial score (nSPS) is 17.5. The van der Waals surface area contributed by atoms with Crippen molar-refractivity contribution in [3.8, 4) is 0 Å². The fourth-order valence-electron chi connectivity index (χ4n) is 3.51. The SMILES string of the molecule is CN(C)c1cc(C2CCCN(C(=O)c3cnn4cccnc34)C2)ccn1. The first-order valence-electron chi connectivity index (χ1n) is 8.84. The number of fused-ring (bicyclic) bond motifs is 1. The van der Waals surface area contributed by atoms with Crippen molar-refractivity contribution in [2.24, 2.45) is 0 Å². The molecule has 4 rings (SSSR count). The molecule has 1 amide bonds. The van der Waals surface area contributed by atoms with Crippen LogP contribution in [0.3, 0.4) is 0 Å². The Morgan fingerprint density at radius 3 is 3.00 bits per heavy atom. The summed E-state index contributed by atoms with van der Waals surface area (Å²) in [5.41, 5.74) is 2.41. The Balaban J connectivity index is 1.57. The standard InChI is InChI=1S/C19H22N6O/c1-23(2)17-11-14(6-8-20-17)15-5-3-9-24(13-15)19(26)16-12-22-25-10-4-7-21-18(16)25/h4,6-8,10-12,15H,3,5,9,13H2,1-2H3. The summed E-state index contributed by atoms with van der Waals surface area (Å²) in [6.07, 6.45) is 9.02. The quantitative estimate of drug-likeness (QED) is 0.724. The lowest BCUT2D eigenvalue weighted by Crippen LogP contribution is -2.39. The van der Waals surface area contributed by atoms with Gasteiger partial charge in [0, 0.05) is 51.7 Å². The van der Waals surface area contributed by atoms with Crippen LogP contribution in [0.4, 0.5) is 5.82 Å². The number of hydrogen-bond donors (Lipinski definition) is 0. The number of hydrogen-bond acceptors (Lipinski definition) is 5. The Labute approximate surface area is 152 Å². The second-order valence-corrected chi connectivity index (χ2v) is 6.88. The molecule has 0 bridgehead atoms. The Kier molecular flexibility index (Phi) is 4.28. The van der Waals surface area contributed by atoms with Gasteiger partial charge in [0.25, 0.3) is 5.91 Å². The van der Waals surface area contributed by atoms with Crippen molar-refractivity contribution in [3.63, 3.8) is 0 Å². The number of piperidine rings is 1. The highest BCUT2D eigenvalue weighted by Crippen LogP contribution is 2.29. The van der Waals surface area contributed by atoms with Gasteiger partial charge in [-0.15, -0.1) is 0 Å². The molecule has 0 saturated carbocycles. The molecule has 0 radical (unpaired) electrons. The number of anilines is 1. The topological polar surface area (TPSA) is 66.6 Å². The molecule has 134 valence electrons. The van der Waals surface area contributed by atoms with Gasteiger partial charge in [0.15, 0.2) is 5.65 Å². The molecule has 1 aliphatic rings. The van der Waals surface area contributed by atoms with E-state index in [9.17, 15) is 4.79 Å². The van der Waals surface area contributed by atoms with E-state index in [4.69, 9.17) is 0 Å². The second-order valence-electron chi connectivity index (χ2n) is 6.88. The van der Waals surface area contributed by atoms with Crippen molar-refractivity contribution in [1.82, 2.24) is 24.5 Å². The van der Waals surface area contributed by atoms with Crippen LogP contribution < -0.4 is 4.90 Å². The average molecular weight is 350 g/mol. The molecule has 1 saturated heterocycles. The van der Waals surface area contributed by atoms with E-state index >= 15 is 0 Å². The molecule has 0 aromatic carbocycles. The molecule has 0 N–H and O–H groups in total. The van der Waals surface area contributed by atoms with E-state index in [1.54, 1.807) is 29.2 Å².